The molecule has 0 unspecified atom stereocenters. The van der Waals surface area contributed by atoms with Crippen LogP contribution in [0.15, 0.2) is 45.4 Å². The van der Waals surface area contributed by atoms with Crippen molar-refractivity contribution in [3.05, 3.63) is 47.9 Å². The Labute approximate surface area is 169 Å². The zero-order valence-electron chi connectivity index (χ0n) is 15.0. The van der Waals surface area contributed by atoms with Crippen molar-refractivity contribution in [2.24, 2.45) is 0 Å². The minimum atomic E-state index is -0.292. The molecule has 1 amide bonds. The average Bonchev–Trinajstić information content (AvgIpc) is 3.45. The van der Waals surface area contributed by atoms with Crippen molar-refractivity contribution in [3.8, 4) is 11.5 Å². The second-order valence-electron chi connectivity index (χ2n) is 5.97. The third-order valence-corrected chi connectivity index (χ3v) is 6.02. The van der Waals surface area contributed by atoms with E-state index in [1.165, 1.54) is 23.1 Å². The second-order valence-corrected chi connectivity index (χ2v) is 8.54. The number of hydrogen-bond acceptors (Lipinski definition) is 9. The number of fused-ring (bicyclic) bond motifs is 1. The van der Waals surface area contributed by atoms with Crippen molar-refractivity contribution in [1.29, 1.82) is 0 Å². The standard InChI is InChI=1S/C18H18N4O4S2/c1-11(16(23)19-8-12-4-5-14-15(7-12)26-10-25-14)27-18-22-21-17(28-18)20-9-13-3-2-6-24-13/h2-7,11H,8-10H2,1H3,(H,19,23)(H,20,21)/t11-/m1/s1. The number of furan rings is 1. The molecule has 0 spiro atoms. The van der Waals surface area contributed by atoms with Crippen molar-refractivity contribution in [2.45, 2.75) is 29.6 Å². The van der Waals surface area contributed by atoms with Crippen molar-refractivity contribution in [3.63, 3.8) is 0 Å². The summed E-state index contributed by atoms with van der Waals surface area (Å²) in [5.74, 6) is 2.19. The van der Waals surface area contributed by atoms with E-state index in [4.69, 9.17) is 13.9 Å². The van der Waals surface area contributed by atoms with Gasteiger partial charge in [0.25, 0.3) is 0 Å². The van der Waals surface area contributed by atoms with Crippen LogP contribution in [0.2, 0.25) is 0 Å². The summed E-state index contributed by atoms with van der Waals surface area (Å²) in [5, 5.41) is 14.7. The highest BCUT2D eigenvalue weighted by Crippen LogP contribution is 2.32. The molecule has 0 bridgehead atoms. The van der Waals surface area contributed by atoms with Crippen LogP contribution in [-0.4, -0.2) is 28.1 Å². The smallest absolute Gasteiger partial charge is 0.233 e. The Morgan fingerprint density at radius 3 is 3.00 bits per heavy atom. The molecule has 0 fully saturated rings. The van der Waals surface area contributed by atoms with Crippen LogP contribution in [0.5, 0.6) is 11.5 Å². The predicted octanol–water partition coefficient (Wildman–Crippen LogP) is 3.27. The van der Waals surface area contributed by atoms with E-state index < -0.39 is 0 Å². The molecule has 0 saturated carbocycles. The molecule has 1 aliphatic rings. The molecule has 3 heterocycles. The number of carbonyl (C=O) groups is 1. The molecule has 1 aliphatic heterocycles. The van der Waals surface area contributed by atoms with E-state index in [0.717, 1.165) is 21.4 Å². The number of nitrogens with zero attached hydrogens (tertiary/aromatic N) is 2. The lowest BCUT2D eigenvalue weighted by molar-refractivity contribution is -0.120. The molecule has 2 N–H and O–H groups in total. The fraction of sp³-hybridized carbons (Fsp3) is 0.278. The summed E-state index contributed by atoms with van der Waals surface area (Å²) in [6, 6.07) is 9.36. The Bertz CT molecular complexity index is 945. The summed E-state index contributed by atoms with van der Waals surface area (Å²) in [6.07, 6.45) is 1.63. The van der Waals surface area contributed by atoms with Crippen LogP contribution in [0.3, 0.4) is 0 Å². The average molecular weight is 419 g/mol. The first-order chi connectivity index (χ1) is 13.7. The normalized spacial score (nSPS) is 13.3. The minimum absolute atomic E-state index is 0.0667. The monoisotopic (exact) mass is 418 g/mol. The van der Waals surface area contributed by atoms with Crippen molar-refractivity contribution in [1.82, 2.24) is 15.5 Å². The Balaban J connectivity index is 1.25. The van der Waals surface area contributed by atoms with Gasteiger partial charge in [-0.1, -0.05) is 29.2 Å². The molecule has 1 aromatic carbocycles. The van der Waals surface area contributed by atoms with Crippen LogP contribution >= 0.6 is 23.1 Å². The van der Waals surface area contributed by atoms with Gasteiger partial charge in [0, 0.05) is 6.54 Å². The largest absolute Gasteiger partial charge is 0.467 e. The molecule has 10 heteroatoms. The van der Waals surface area contributed by atoms with E-state index in [2.05, 4.69) is 20.8 Å². The number of ether oxygens (including phenoxy) is 2. The summed E-state index contributed by atoms with van der Waals surface area (Å²) >= 11 is 2.78. The summed E-state index contributed by atoms with van der Waals surface area (Å²) < 4.78 is 16.6. The molecule has 4 rings (SSSR count). The Morgan fingerprint density at radius 1 is 1.25 bits per heavy atom. The maximum Gasteiger partial charge on any atom is 0.233 e. The molecule has 0 aliphatic carbocycles. The van der Waals surface area contributed by atoms with Crippen LogP contribution in [-0.2, 0) is 17.9 Å². The zero-order chi connectivity index (χ0) is 19.3. The minimum Gasteiger partial charge on any atom is -0.467 e. The van der Waals surface area contributed by atoms with Gasteiger partial charge < -0.3 is 24.5 Å². The number of anilines is 1. The summed E-state index contributed by atoms with van der Waals surface area (Å²) in [4.78, 5) is 12.4. The van der Waals surface area contributed by atoms with E-state index >= 15 is 0 Å². The quantitative estimate of drug-likeness (QED) is 0.538. The highest BCUT2D eigenvalue weighted by Gasteiger charge is 2.18. The predicted molar refractivity (Wildman–Crippen MR) is 106 cm³/mol. The van der Waals surface area contributed by atoms with Gasteiger partial charge in [0.2, 0.25) is 17.8 Å². The Morgan fingerprint density at radius 2 is 2.14 bits per heavy atom. The van der Waals surface area contributed by atoms with Gasteiger partial charge in [0.05, 0.1) is 18.1 Å². The van der Waals surface area contributed by atoms with Gasteiger partial charge in [-0.05, 0) is 36.8 Å². The number of carbonyl (C=O) groups excluding carboxylic acids is 1. The van der Waals surface area contributed by atoms with Gasteiger partial charge in [0.1, 0.15) is 5.76 Å². The molecule has 2 aromatic heterocycles. The van der Waals surface area contributed by atoms with Crippen LogP contribution in [0.25, 0.3) is 0 Å². The molecule has 3 aromatic rings. The van der Waals surface area contributed by atoms with E-state index in [-0.39, 0.29) is 18.0 Å². The third-order valence-electron chi connectivity index (χ3n) is 3.95. The number of amides is 1. The third kappa shape index (κ3) is 4.57. The molecular formula is C18H18N4O4S2. The topological polar surface area (TPSA) is 98.5 Å². The van der Waals surface area contributed by atoms with E-state index in [1.54, 1.807) is 6.26 Å². The SMILES string of the molecule is C[C@@H](Sc1nnc(NCc2ccco2)s1)C(=O)NCc1ccc2c(c1)OCO2. The van der Waals surface area contributed by atoms with E-state index in [1.807, 2.05) is 37.3 Å². The lowest BCUT2D eigenvalue weighted by Crippen LogP contribution is -2.30. The van der Waals surface area contributed by atoms with Gasteiger partial charge in [-0.2, -0.15) is 0 Å². The Hall–Kier alpha value is -2.72. The van der Waals surface area contributed by atoms with Crippen LogP contribution in [0.1, 0.15) is 18.2 Å². The van der Waals surface area contributed by atoms with Gasteiger partial charge >= 0.3 is 0 Å². The fourth-order valence-corrected chi connectivity index (χ4v) is 4.41. The number of rotatable bonds is 8. The lowest BCUT2D eigenvalue weighted by atomic mass is 10.2. The first kappa shape index (κ1) is 18.6. The zero-order valence-corrected chi connectivity index (χ0v) is 16.6. The van der Waals surface area contributed by atoms with Crippen molar-refractivity contribution < 1.29 is 18.7 Å². The van der Waals surface area contributed by atoms with Gasteiger partial charge in [-0.15, -0.1) is 10.2 Å². The van der Waals surface area contributed by atoms with Gasteiger partial charge in [0.15, 0.2) is 15.8 Å². The number of hydrogen-bond donors (Lipinski definition) is 2. The van der Waals surface area contributed by atoms with Crippen LogP contribution in [0, 0.1) is 0 Å². The summed E-state index contributed by atoms with van der Waals surface area (Å²) in [6.45, 7) is 3.04. The van der Waals surface area contributed by atoms with Crippen molar-refractivity contribution in [2.75, 3.05) is 12.1 Å². The number of nitrogens with one attached hydrogen (secondary N) is 2. The molecule has 146 valence electrons. The molecule has 1 atom stereocenters. The molecular weight excluding hydrogens is 400 g/mol. The number of benzene rings is 1. The summed E-state index contributed by atoms with van der Waals surface area (Å²) in [7, 11) is 0. The van der Waals surface area contributed by atoms with E-state index in [9.17, 15) is 4.79 Å². The van der Waals surface area contributed by atoms with Gasteiger partial charge in [-0.3, -0.25) is 4.79 Å². The van der Waals surface area contributed by atoms with Crippen molar-refractivity contribution >= 4 is 34.1 Å². The molecule has 8 nitrogen and oxygen atoms in total. The molecule has 28 heavy (non-hydrogen) atoms. The summed E-state index contributed by atoms with van der Waals surface area (Å²) in [5.41, 5.74) is 0.954. The first-order valence-electron chi connectivity index (χ1n) is 8.60. The molecule has 0 saturated heterocycles. The lowest BCUT2D eigenvalue weighted by Gasteiger charge is -2.10. The highest BCUT2D eigenvalue weighted by molar-refractivity contribution is 8.02. The fourth-order valence-electron chi connectivity index (χ4n) is 2.49. The number of aromatic nitrogens is 2. The van der Waals surface area contributed by atoms with Crippen LogP contribution in [0.4, 0.5) is 5.13 Å². The maximum absolute atomic E-state index is 12.4. The first-order valence-corrected chi connectivity index (χ1v) is 10.3. The second kappa shape index (κ2) is 8.53. The molecule has 0 radical (unpaired) electrons. The van der Waals surface area contributed by atoms with Crippen LogP contribution < -0.4 is 20.1 Å². The Kier molecular flexibility index (Phi) is 5.68. The highest BCUT2D eigenvalue weighted by atomic mass is 32.2. The van der Waals surface area contributed by atoms with Gasteiger partial charge in [-0.25, -0.2) is 0 Å². The van der Waals surface area contributed by atoms with E-state index in [0.29, 0.717) is 24.0 Å². The maximum atomic E-state index is 12.4. The number of thioether (sulfide) groups is 1.